The second-order valence-corrected chi connectivity index (χ2v) is 8.45. The van der Waals surface area contributed by atoms with E-state index in [-0.39, 0.29) is 22.1 Å². The number of nitrogens with one attached hydrogen (secondary N) is 1. The van der Waals surface area contributed by atoms with Crippen LogP contribution in [0.1, 0.15) is 16.1 Å². The largest absolute Gasteiger partial charge is 0.495 e. The monoisotopic (exact) mass is 406 g/mol. The number of benzene rings is 2. The van der Waals surface area contributed by atoms with Crippen molar-refractivity contribution in [1.82, 2.24) is 4.31 Å². The second-order valence-electron chi connectivity index (χ2n) is 6.30. The van der Waals surface area contributed by atoms with Gasteiger partial charge >= 0.3 is 0 Å². The second kappa shape index (κ2) is 7.25. The molecule has 7 nitrogen and oxygen atoms in total. The molecule has 1 N–H and O–H groups in total. The van der Waals surface area contributed by atoms with Crippen molar-refractivity contribution >= 4 is 32.6 Å². The van der Waals surface area contributed by atoms with Gasteiger partial charge in [-0.3, -0.25) is 4.79 Å². The number of furan rings is 1. The number of fused-ring (bicyclic) bond motifs is 1. The standard InChI is InChI=1S/C19H19FN2O5S/c1-11-14-9-12(20)5-7-16(14)27-18(11)19(23)21-15-10-13(6-8-17(15)26-4)28(24,25)22(2)3/h5-10H,1-4H3,(H,21,23). The fourth-order valence-corrected chi connectivity index (χ4v) is 3.67. The quantitative estimate of drug-likeness (QED) is 0.702. The highest BCUT2D eigenvalue weighted by molar-refractivity contribution is 7.89. The van der Waals surface area contributed by atoms with Crippen LogP contribution >= 0.6 is 0 Å². The third-order valence-electron chi connectivity index (χ3n) is 4.30. The Morgan fingerprint density at radius 1 is 1.18 bits per heavy atom. The van der Waals surface area contributed by atoms with Gasteiger partial charge in [0.15, 0.2) is 5.76 Å². The van der Waals surface area contributed by atoms with Crippen LogP contribution in [-0.4, -0.2) is 39.8 Å². The van der Waals surface area contributed by atoms with Crippen LogP contribution in [-0.2, 0) is 10.0 Å². The highest BCUT2D eigenvalue weighted by Crippen LogP contribution is 2.31. The zero-order valence-electron chi connectivity index (χ0n) is 15.7. The molecule has 0 saturated heterocycles. The van der Waals surface area contributed by atoms with Crippen molar-refractivity contribution in [2.24, 2.45) is 0 Å². The number of ether oxygens (including phenoxy) is 1. The van der Waals surface area contributed by atoms with Crippen molar-refractivity contribution < 1.29 is 26.8 Å². The molecule has 3 rings (SSSR count). The Balaban J connectivity index is 2.01. The molecule has 0 aliphatic rings. The van der Waals surface area contributed by atoms with Crippen molar-refractivity contribution in [3.8, 4) is 5.75 Å². The molecule has 28 heavy (non-hydrogen) atoms. The SMILES string of the molecule is COc1ccc(S(=O)(=O)N(C)C)cc1NC(=O)c1oc2ccc(F)cc2c1C. The number of rotatable bonds is 5. The van der Waals surface area contributed by atoms with Crippen molar-refractivity contribution in [2.75, 3.05) is 26.5 Å². The summed E-state index contributed by atoms with van der Waals surface area (Å²) >= 11 is 0. The predicted molar refractivity (Wildman–Crippen MR) is 103 cm³/mol. The predicted octanol–water partition coefficient (Wildman–Crippen LogP) is 3.39. The number of carbonyl (C=O) groups is 1. The highest BCUT2D eigenvalue weighted by atomic mass is 32.2. The first-order valence-corrected chi connectivity index (χ1v) is 9.69. The third kappa shape index (κ3) is 3.46. The maximum Gasteiger partial charge on any atom is 0.291 e. The van der Waals surface area contributed by atoms with Crippen molar-refractivity contribution in [3.63, 3.8) is 0 Å². The number of methoxy groups -OCH3 is 1. The first kappa shape index (κ1) is 19.8. The molecule has 1 amide bonds. The number of hydrogen-bond donors (Lipinski definition) is 1. The molecule has 9 heteroatoms. The molecule has 0 aliphatic heterocycles. The lowest BCUT2D eigenvalue weighted by Gasteiger charge is -2.15. The Hall–Kier alpha value is -2.91. The van der Waals surface area contributed by atoms with Gasteiger partial charge in [0.05, 0.1) is 17.7 Å². The molecule has 0 saturated carbocycles. The highest BCUT2D eigenvalue weighted by Gasteiger charge is 2.22. The zero-order chi connectivity index (χ0) is 20.6. The summed E-state index contributed by atoms with van der Waals surface area (Å²) in [6, 6.07) is 8.12. The normalized spacial score (nSPS) is 11.8. The molecule has 1 heterocycles. The van der Waals surface area contributed by atoms with E-state index in [2.05, 4.69) is 5.32 Å². The first-order chi connectivity index (χ1) is 13.1. The number of nitrogens with zero attached hydrogens (tertiary/aromatic N) is 1. The van der Waals surface area contributed by atoms with Gasteiger partial charge in [0, 0.05) is 25.0 Å². The summed E-state index contributed by atoms with van der Waals surface area (Å²) in [5.74, 6) is -0.757. The molecule has 0 atom stereocenters. The number of aryl methyl sites for hydroxylation is 1. The zero-order valence-corrected chi connectivity index (χ0v) is 16.6. The Labute approximate surface area is 161 Å². The van der Waals surface area contributed by atoms with Crippen LogP contribution in [0.4, 0.5) is 10.1 Å². The molecule has 0 bridgehead atoms. The van der Waals surface area contributed by atoms with E-state index in [4.69, 9.17) is 9.15 Å². The van der Waals surface area contributed by atoms with Crippen LogP contribution in [0, 0.1) is 12.7 Å². The van der Waals surface area contributed by atoms with Gasteiger partial charge in [0.1, 0.15) is 17.1 Å². The van der Waals surface area contributed by atoms with E-state index in [9.17, 15) is 17.6 Å². The van der Waals surface area contributed by atoms with Crippen LogP contribution in [0.15, 0.2) is 45.7 Å². The van der Waals surface area contributed by atoms with Gasteiger partial charge in [-0.05, 0) is 43.3 Å². The molecule has 2 aromatic carbocycles. The van der Waals surface area contributed by atoms with Crippen LogP contribution in [0.5, 0.6) is 5.75 Å². The minimum Gasteiger partial charge on any atom is -0.495 e. The van der Waals surface area contributed by atoms with E-state index in [0.717, 1.165) is 4.31 Å². The molecule has 0 fully saturated rings. The van der Waals surface area contributed by atoms with E-state index in [1.165, 1.54) is 57.6 Å². The average molecular weight is 406 g/mol. The van der Waals surface area contributed by atoms with Gasteiger partial charge in [-0.1, -0.05) is 0 Å². The summed E-state index contributed by atoms with van der Waals surface area (Å²) < 4.78 is 50.0. The Bertz CT molecular complexity index is 1170. The summed E-state index contributed by atoms with van der Waals surface area (Å²) in [5.41, 5.74) is 1.02. The number of halogens is 1. The molecule has 148 valence electrons. The molecular formula is C19H19FN2O5S. The lowest BCUT2D eigenvalue weighted by molar-refractivity contribution is 0.0997. The van der Waals surface area contributed by atoms with Crippen molar-refractivity contribution in [1.29, 1.82) is 0 Å². The van der Waals surface area contributed by atoms with Crippen LogP contribution in [0.3, 0.4) is 0 Å². The third-order valence-corrected chi connectivity index (χ3v) is 6.11. The summed E-state index contributed by atoms with van der Waals surface area (Å²) in [6.45, 7) is 1.64. The van der Waals surface area contributed by atoms with Gasteiger partial charge < -0.3 is 14.5 Å². The lowest BCUT2D eigenvalue weighted by Crippen LogP contribution is -2.22. The molecule has 0 radical (unpaired) electrons. The Kier molecular flexibility index (Phi) is 5.14. The minimum absolute atomic E-state index is 0.00278. The fraction of sp³-hybridized carbons (Fsp3) is 0.211. The van der Waals surface area contributed by atoms with Gasteiger partial charge in [0.2, 0.25) is 10.0 Å². The number of carbonyl (C=O) groups excluding carboxylic acids is 1. The van der Waals surface area contributed by atoms with E-state index in [1.54, 1.807) is 6.92 Å². The average Bonchev–Trinajstić information content (AvgIpc) is 2.97. The molecule has 1 aromatic heterocycles. The summed E-state index contributed by atoms with van der Waals surface area (Å²) in [6.07, 6.45) is 0. The number of sulfonamides is 1. The number of hydrogen-bond acceptors (Lipinski definition) is 5. The number of amides is 1. The molecule has 0 unspecified atom stereocenters. The maximum atomic E-state index is 13.5. The van der Waals surface area contributed by atoms with Crippen LogP contribution in [0.25, 0.3) is 11.0 Å². The van der Waals surface area contributed by atoms with Gasteiger partial charge in [0.25, 0.3) is 5.91 Å². The molecule has 0 aliphatic carbocycles. The summed E-state index contributed by atoms with van der Waals surface area (Å²) in [7, 11) is 0.529. The van der Waals surface area contributed by atoms with Crippen LogP contribution in [0.2, 0.25) is 0 Å². The molecule has 3 aromatic rings. The summed E-state index contributed by atoms with van der Waals surface area (Å²) in [5, 5.41) is 3.10. The fourth-order valence-electron chi connectivity index (χ4n) is 2.74. The molecular weight excluding hydrogens is 387 g/mol. The van der Waals surface area contributed by atoms with E-state index in [0.29, 0.717) is 16.5 Å². The van der Waals surface area contributed by atoms with Crippen molar-refractivity contribution in [3.05, 3.63) is 53.5 Å². The smallest absolute Gasteiger partial charge is 0.291 e. The topological polar surface area (TPSA) is 88.9 Å². The maximum absolute atomic E-state index is 13.5. The van der Waals surface area contributed by atoms with E-state index < -0.39 is 21.7 Å². The van der Waals surface area contributed by atoms with E-state index >= 15 is 0 Å². The first-order valence-electron chi connectivity index (χ1n) is 8.25. The van der Waals surface area contributed by atoms with Gasteiger partial charge in [-0.25, -0.2) is 17.1 Å². The molecule has 0 spiro atoms. The summed E-state index contributed by atoms with van der Waals surface area (Å²) in [4.78, 5) is 12.7. The van der Waals surface area contributed by atoms with Crippen LogP contribution < -0.4 is 10.1 Å². The number of anilines is 1. The van der Waals surface area contributed by atoms with Gasteiger partial charge in [-0.2, -0.15) is 0 Å². The van der Waals surface area contributed by atoms with Crippen molar-refractivity contribution in [2.45, 2.75) is 11.8 Å². The minimum atomic E-state index is -3.70. The Morgan fingerprint density at radius 2 is 1.89 bits per heavy atom. The Morgan fingerprint density at radius 3 is 2.54 bits per heavy atom. The lowest BCUT2D eigenvalue weighted by atomic mass is 10.1. The van der Waals surface area contributed by atoms with E-state index in [1.807, 2.05) is 0 Å². The van der Waals surface area contributed by atoms with Gasteiger partial charge in [-0.15, -0.1) is 0 Å².